The van der Waals surface area contributed by atoms with E-state index in [9.17, 15) is 4.79 Å². The van der Waals surface area contributed by atoms with E-state index in [4.69, 9.17) is 33.7 Å². The quantitative estimate of drug-likeness (QED) is 0.627. The SMILES string of the molecule is COc1cc(N2CCN(C(=O)Cn3nc(N)c(Cl)c3-c3ccccc3)CC2)ccc1Cl. The van der Waals surface area contributed by atoms with Crippen molar-refractivity contribution < 1.29 is 9.53 Å². The van der Waals surface area contributed by atoms with Crippen LogP contribution in [-0.4, -0.2) is 53.9 Å². The zero-order chi connectivity index (χ0) is 22.0. The zero-order valence-corrected chi connectivity index (χ0v) is 18.6. The van der Waals surface area contributed by atoms with Crippen LogP contribution in [0.5, 0.6) is 5.75 Å². The Labute approximate surface area is 190 Å². The highest BCUT2D eigenvalue weighted by atomic mass is 35.5. The fourth-order valence-electron chi connectivity index (χ4n) is 3.73. The third-order valence-corrected chi connectivity index (χ3v) is 6.07. The van der Waals surface area contributed by atoms with Crippen LogP contribution in [0.1, 0.15) is 0 Å². The Morgan fingerprint density at radius 3 is 2.48 bits per heavy atom. The molecule has 1 aromatic heterocycles. The van der Waals surface area contributed by atoms with E-state index in [2.05, 4.69) is 10.00 Å². The van der Waals surface area contributed by atoms with E-state index in [-0.39, 0.29) is 18.3 Å². The van der Waals surface area contributed by atoms with Crippen LogP contribution in [-0.2, 0) is 11.3 Å². The molecule has 0 bridgehead atoms. The molecule has 1 amide bonds. The summed E-state index contributed by atoms with van der Waals surface area (Å²) >= 11 is 12.5. The van der Waals surface area contributed by atoms with E-state index in [1.54, 1.807) is 11.8 Å². The van der Waals surface area contributed by atoms with E-state index >= 15 is 0 Å². The van der Waals surface area contributed by atoms with Gasteiger partial charge in [0.25, 0.3) is 0 Å². The Hall–Kier alpha value is -2.90. The lowest BCUT2D eigenvalue weighted by Gasteiger charge is -2.36. The van der Waals surface area contributed by atoms with Gasteiger partial charge in [0.15, 0.2) is 5.82 Å². The van der Waals surface area contributed by atoms with Gasteiger partial charge in [0.2, 0.25) is 5.91 Å². The van der Waals surface area contributed by atoms with Crippen molar-refractivity contribution in [3.63, 3.8) is 0 Å². The van der Waals surface area contributed by atoms with Crippen LogP contribution in [0.2, 0.25) is 10.0 Å². The van der Waals surface area contributed by atoms with Gasteiger partial charge in [0.05, 0.1) is 17.8 Å². The molecular weight excluding hydrogens is 437 g/mol. The average Bonchev–Trinajstić information content (AvgIpc) is 3.07. The average molecular weight is 460 g/mol. The summed E-state index contributed by atoms with van der Waals surface area (Å²) in [6.07, 6.45) is 0. The summed E-state index contributed by atoms with van der Waals surface area (Å²) < 4.78 is 6.90. The summed E-state index contributed by atoms with van der Waals surface area (Å²) in [5, 5.41) is 5.23. The Morgan fingerprint density at radius 1 is 1.10 bits per heavy atom. The van der Waals surface area contributed by atoms with Gasteiger partial charge in [0.1, 0.15) is 17.3 Å². The third kappa shape index (κ3) is 4.43. The molecule has 0 spiro atoms. The van der Waals surface area contributed by atoms with Crippen molar-refractivity contribution in [1.29, 1.82) is 0 Å². The second-order valence-corrected chi connectivity index (χ2v) is 8.04. The van der Waals surface area contributed by atoms with Crippen LogP contribution in [0.25, 0.3) is 11.3 Å². The Morgan fingerprint density at radius 2 is 1.81 bits per heavy atom. The molecule has 0 saturated carbocycles. The Kier molecular flexibility index (Phi) is 6.25. The van der Waals surface area contributed by atoms with Gasteiger partial charge in [-0.1, -0.05) is 53.5 Å². The number of halogens is 2. The Balaban J connectivity index is 1.44. The maximum absolute atomic E-state index is 13.0. The first-order valence-electron chi connectivity index (χ1n) is 9.91. The standard InChI is InChI=1S/C22H23Cl2N5O2/c1-31-18-13-16(7-8-17(18)23)27-9-11-28(12-10-27)19(30)14-29-21(20(24)22(25)26-29)15-5-3-2-4-6-15/h2-8,13H,9-12,14H2,1H3,(H2,25,26). The molecular formula is C22H23Cl2N5O2. The summed E-state index contributed by atoms with van der Waals surface area (Å²) in [5.74, 6) is 0.832. The van der Waals surface area contributed by atoms with Crippen molar-refractivity contribution in [2.24, 2.45) is 0 Å². The smallest absolute Gasteiger partial charge is 0.244 e. The monoisotopic (exact) mass is 459 g/mol. The molecule has 4 rings (SSSR count). The van der Waals surface area contributed by atoms with Crippen LogP contribution in [0.15, 0.2) is 48.5 Å². The topological polar surface area (TPSA) is 76.6 Å². The first-order valence-corrected chi connectivity index (χ1v) is 10.7. The van der Waals surface area contributed by atoms with Crippen LogP contribution < -0.4 is 15.4 Å². The van der Waals surface area contributed by atoms with Gasteiger partial charge < -0.3 is 20.3 Å². The van der Waals surface area contributed by atoms with E-state index in [1.165, 1.54) is 0 Å². The molecule has 0 aliphatic carbocycles. The van der Waals surface area contributed by atoms with Gasteiger partial charge >= 0.3 is 0 Å². The number of carbonyl (C=O) groups is 1. The molecule has 1 fully saturated rings. The highest BCUT2D eigenvalue weighted by Crippen LogP contribution is 2.32. The predicted octanol–water partition coefficient (Wildman–Crippen LogP) is 3.80. The van der Waals surface area contributed by atoms with Crippen molar-refractivity contribution >= 4 is 40.6 Å². The summed E-state index contributed by atoms with van der Waals surface area (Å²) in [5.41, 5.74) is 8.47. The number of nitrogens with zero attached hydrogens (tertiary/aromatic N) is 4. The summed E-state index contributed by atoms with van der Waals surface area (Å²) in [6, 6.07) is 15.3. The van der Waals surface area contributed by atoms with Crippen molar-refractivity contribution in [2.75, 3.05) is 43.9 Å². The summed E-state index contributed by atoms with van der Waals surface area (Å²) in [4.78, 5) is 17.0. The lowest BCUT2D eigenvalue weighted by molar-refractivity contribution is -0.132. The minimum absolute atomic E-state index is 0.0234. The molecule has 0 unspecified atom stereocenters. The first-order chi connectivity index (χ1) is 15.0. The number of benzene rings is 2. The van der Waals surface area contributed by atoms with Crippen molar-refractivity contribution in [3.8, 4) is 17.0 Å². The third-order valence-electron chi connectivity index (χ3n) is 5.38. The molecule has 3 aromatic rings. The number of nitrogen functional groups attached to an aromatic ring is 1. The normalized spacial score (nSPS) is 14.0. The molecule has 162 valence electrons. The molecule has 31 heavy (non-hydrogen) atoms. The number of carbonyl (C=O) groups excluding carboxylic acids is 1. The highest BCUT2D eigenvalue weighted by molar-refractivity contribution is 6.35. The van der Waals surface area contributed by atoms with Gasteiger partial charge in [-0.2, -0.15) is 5.10 Å². The number of aromatic nitrogens is 2. The second kappa shape index (κ2) is 9.08. The minimum atomic E-state index is -0.0234. The van der Waals surface area contributed by atoms with Crippen LogP contribution in [0, 0.1) is 0 Å². The van der Waals surface area contributed by atoms with Gasteiger partial charge in [0, 0.05) is 43.5 Å². The molecule has 9 heteroatoms. The van der Waals surface area contributed by atoms with Gasteiger partial charge in [-0.3, -0.25) is 9.48 Å². The number of piperazine rings is 1. The van der Waals surface area contributed by atoms with Gasteiger partial charge in [-0.25, -0.2) is 0 Å². The molecule has 2 heterocycles. The lowest BCUT2D eigenvalue weighted by atomic mass is 10.1. The first kappa shape index (κ1) is 21.3. The van der Waals surface area contributed by atoms with Crippen LogP contribution >= 0.6 is 23.2 Å². The van der Waals surface area contributed by atoms with Crippen molar-refractivity contribution in [3.05, 3.63) is 58.6 Å². The van der Waals surface area contributed by atoms with Crippen molar-refractivity contribution in [2.45, 2.75) is 6.54 Å². The van der Waals surface area contributed by atoms with E-state index in [1.807, 2.05) is 53.4 Å². The number of rotatable bonds is 5. The number of amides is 1. The van der Waals surface area contributed by atoms with Crippen molar-refractivity contribution in [1.82, 2.24) is 14.7 Å². The molecule has 0 atom stereocenters. The number of methoxy groups -OCH3 is 1. The van der Waals surface area contributed by atoms with E-state index in [0.29, 0.717) is 47.7 Å². The molecule has 2 N–H and O–H groups in total. The van der Waals surface area contributed by atoms with E-state index < -0.39 is 0 Å². The number of nitrogens with two attached hydrogens (primary N) is 1. The second-order valence-electron chi connectivity index (χ2n) is 7.26. The molecule has 1 aliphatic heterocycles. The fourth-order valence-corrected chi connectivity index (χ4v) is 4.17. The Bertz CT molecular complexity index is 1080. The zero-order valence-electron chi connectivity index (χ0n) is 17.1. The lowest BCUT2D eigenvalue weighted by Crippen LogP contribution is -2.49. The van der Waals surface area contributed by atoms with Gasteiger partial charge in [-0.15, -0.1) is 0 Å². The number of hydrogen-bond donors (Lipinski definition) is 1. The van der Waals surface area contributed by atoms with Crippen LogP contribution in [0.3, 0.4) is 0 Å². The summed E-state index contributed by atoms with van der Waals surface area (Å²) in [6.45, 7) is 2.72. The molecule has 1 aliphatic rings. The molecule has 1 saturated heterocycles. The summed E-state index contributed by atoms with van der Waals surface area (Å²) in [7, 11) is 1.60. The fraction of sp³-hybridized carbons (Fsp3) is 0.273. The number of hydrogen-bond acceptors (Lipinski definition) is 5. The van der Waals surface area contributed by atoms with Crippen LogP contribution in [0.4, 0.5) is 11.5 Å². The van der Waals surface area contributed by atoms with E-state index in [0.717, 1.165) is 11.3 Å². The minimum Gasteiger partial charge on any atom is -0.495 e. The largest absolute Gasteiger partial charge is 0.495 e. The highest BCUT2D eigenvalue weighted by Gasteiger charge is 2.24. The van der Waals surface area contributed by atoms with Gasteiger partial charge in [-0.05, 0) is 12.1 Å². The predicted molar refractivity (Wildman–Crippen MR) is 124 cm³/mol. The molecule has 2 aromatic carbocycles. The maximum Gasteiger partial charge on any atom is 0.244 e. The molecule has 0 radical (unpaired) electrons. The maximum atomic E-state index is 13.0. The molecule has 7 nitrogen and oxygen atoms in total. The number of anilines is 2. The number of ether oxygens (including phenoxy) is 1.